The Hall–Kier alpha value is -0.450. The van der Waals surface area contributed by atoms with Crippen molar-refractivity contribution in [2.45, 2.75) is 46.2 Å². The Morgan fingerprint density at radius 3 is 2.88 bits per heavy atom. The van der Waals surface area contributed by atoms with Crippen molar-refractivity contribution in [2.75, 3.05) is 20.1 Å². The summed E-state index contributed by atoms with van der Waals surface area (Å²) in [6.07, 6.45) is 3.71. The topological polar surface area (TPSA) is 28.2 Å². The quantitative estimate of drug-likeness (QED) is 0.688. The Balaban J connectivity index is 2.29. The van der Waals surface area contributed by atoms with Crippen LogP contribution in [0.3, 0.4) is 0 Å². The monoisotopic (exact) mass is 255 g/mol. The summed E-state index contributed by atoms with van der Waals surface area (Å²) in [5.74, 6) is 0. The van der Waals surface area contributed by atoms with Gasteiger partial charge in [-0.3, -0.25) is 0 Å². The summed E-state index contributed by atoms with van der Waals surface area (Å²) in [5.41, 5.74) is 1.21. The second kappa shape index (κ2) is 8.61. The molecule has 0 aliphatic carbocycles. The molecular formula is C13H25N3S. The van der Waals surface area contributed by atoms with Crippen molar-refractivity contribution in [3.63, 3.8) is 0 Å². The van der Waals surface area contributed by atoms with E-state index in [4.69, 9.17) is 0 Å². The van der Waals surface area contributed by atoms with Crippen LogP contribution >= 0.6 is 11.3 Å². The molecule has 0 radical (unpaired) electrons. The molecule has 1 aromatic heterocycles. The Bertz CT molecular complexity index is 299. The second-order valence-electron chi connectivity index (χ2n) is 4.50. The van der Waals surface area contributed by atoms with Crippen molar-refractivity contribution in [1.82, 2.24) is 15.2 Å². The molecule has 0 saturated carbocycles. The predicted octanol–water partition coefficient (Wildman–Crippen LogP) is 2.87. The highest BCUT2D eigenvalue weighted by Gasteiger charge is 2.04. The molecule has 0 aliphatic heterocycles. The van der Waals surface area contributed by atoms with Crippen LogP contribution in [0.25, 0.3) is 0 Å². The molecule has 3 nitrogen and oxygen atoms in total. The van der Waals surface area contributed by atoms with E-state index in [0.717, 1.165) is 26.2 Å². The minimum absolute atomic E-state index is 0.914. The standard InChI is InChI=1S/C13H25N3S/c1-4-6-8-16(3)10-12-11-17-13(15-12)9-14-7-5-2/h11,14H,4-10H2,1-3H3. The zero-order chi connectivity index (χ0) is 12.5. The minimum Gasteiger partial charge on any atom is -0.310 e. The number of nitrogens with zero attached hydrogens (tertiary/aromatic N) is 2. The molecule has 0 bridgehead atoms. The first-order valence-corrected chi connectivity index (χ1v) is 7.46. The molecule has 17 heavy (non-hydrogen) atoms. The van der Waals surface area contributed by atoms with Gasteiger partial charge in [-0.15, -0.1) is 11.3 Å². The van der Waals surface area contributed by atoms with Crippen LogP contribution in [-0.2, 0) is 13.1 Å². The first-order chi connectivity index (χ1) is 8.26. The summed E-state index contributed by atoms with van der Waals surface area (Å²) in [4.78, 5) is 6.99. The van der Waals surface area contributed by atoms with Gasteiger partial charge in [0, 0.05) is 18.5 Å². The molecule has 1 aromatic rings. The van der Waals surface area contributed by atoms with E-state index in [2.05, 4.69) is 41.5 Å². The van der Waals surface area contributed by atoms with Gasteiger partial charge in [0.15, 0.2) is 0 Å². The van der Waals surface area contributed by atoms with Gasteiger partial charge in [0.2, 0.25) is 0 Å². The molecule has 0 atom stereocenters. The summed E-state index contributed by atoms with van der Waals surface area (Å²) in [6.45, 7) is 8.54. The van der Waals surface area contributed by atoms with Gasteiger partial charge in [-0.1, -0.05) is 20.3 Å². The summed E-state index contributed by atoms with van der Waals surface area (Å²) in [5, 5.41) is 6.78. The molecule has 0 saturated heterocycles. The highest BCUT2D eigenvalue weighted by atomic mass is 32.1. The Morgan fingerprint density at radius 2 is 2.18 bits per heavy atom. The van der Waals surface area contributed by atoms with Crippen LogP contribution in [0.1, 0.15) is 43.8 Å². The summed E-state index contributed by atoms with van der Waals surface area (Å²) in [6, 6.07) is 0. The van der Waals surface area contributed by atoms with Crippen LogP contribution in [-0.4, -0.2) is 30.0 Å². The minimum atomic E-state index is 0.914. The number of thiazole rings is 1. The van der Waals surface area contributed by atoms with E-state index in [9.17, 15) is 0 Å². The number of nitrogens with one attached hydrogen (secondary N) is 1. The fourth-order valence-electron chi connectivity index (χ4n) is 1.66. The fourth-order valence-corrected chi connectivity index (χ4v) is 2.41. The average molecular weight is 255 g/mol. The molecule has 0 fully saturated rings. The zero-order valence-electron chi connectivity index (χ0n) is 11.3. The predicted molar refractivity (Wildman–Crippen MR) is 75.4 cm³/mol. The third kappa shape index (κ3) is 6.15. The first kappa shape index (κ1) is 14.6. The number of rotatable bonds is 9. The number of hydrogen-bond acceptors (Lipinski definition) is 4. The molecule has 0 aromatic carbocycles. The molecule has 0 unspecified atom stereocenters. The van der Waals surface area contributed by atoms with Crippen molar-refractivity contribution in [2.24, 2.45) is 0 Å². The van der Waals surface area contributed by atoms with E-state index in [-0.39, 0.29) is 0 Å². The average Bonchev–Trinajstić information content (AvgIpc) is 2.74. The maximum absolute atomic E-state index is 4.64. The maximum Gasteiger partial charge on any atom is 0.107 e. The number of unbranched alkanes of at least 4 members (excludes halogenated alkanes) is 1. The summed E-state index contributed by atoms with van der Waals surface area (Å²) < 4.78 is 0. The van der Waals surface area contributed by atoms with Gasteiger partial charge in [-0.25, -0.2) is 4.98 Å². The van der Waals surface area contributed by atoms with Gasteiger partial charge < -0.3 is 10.2 Å². The smallest absolute Gasteiger partial charge is 0.107 e. The maximum atomic E-state index is 4.64. The molecule has 1 heterocycles. The van der Waals surface area contributed by atoms with Crippen molar-refractivity contribution in [3.05, 3.63) is 16.1 Å². The van der Waals surface area contributed by atoms with E-state index in [1.165, 1.54) is 30.0 Å². The van der Waals surface area contributed by atoms with Crippen molar-refractivity contribution in [3.8, 4) is 0 Å². The van der Waals surface area contributed by atoms with Crippen LogP contribution in [0.15, 0.2) is 5.38 Å². The van der Waals surface area contributed by atoms with E-state index >= 15 is 0 Å². The Morgan fingerprint density at radius 1 is 1.35 bits per heavy atom. The molecular weight excluding hydrogens is 230 g/mol. The van der Waals surface area contributed by atoms with Crippen LogP contribution in [0, 0.1) is 0 Å². The van der Waals surface area contributed by atoms with Gasteiger partial charge in [-0.05, 0) is 33.0 Å². The van der Waals surface area contributed by atoms with Crippen molar-refractivity contribution in [1.29, 1.82) is 0 Å². The second-order valence-corrected chi connectivity index (χ2v) is 5.44. The molecule has 1 N–H and O–H groups in total. The normalized spacial score (nSPS) is 11.3. The third-order valence-electron chi connectivity index (χ3n) is 2.63. The SMILES string of the molecule is CCCCN(C)Cc1csc(CNCCC)n1. The van der Waals surface area contributed by atoms with E-state index in [1.807, 2.05) is 0 Å². The van der Waals surface area contributed by atoms with Crippen LogP contribution in [0.4, 0.5) is 0 Å². The van der Waals surface area contributed by atoms with Gasteiger partial charge in [0.25, 0.3) is 0 Å². The van der Waals surface area contributed by atoms with Gasteiger partial charge in [0.1, 0.15) is 5.01 Å². The highest BCUT2D eigenvalue weighted by molar-refractivity contribution is 7.09. The molecule has 98 valence electrons. The Kier molecular flexibility index (Phi) is 7.40. The fraction of sp³-hybridized carbons (Fsp3) is 0.769. The van der Waals surface area contributed by atoms with Crippen molar-refractivity contribution >= 4 is 11.3 Å². The van der Waals surface area contributed by atoms with Gasteiger partial charge in [0.05, 0.1) is 5.69 Å². The third-order valence-corrected chi connectivity index (χ3v) is 3.53. The van der Waals surface area contributed by atoms with E-state index in [0.29, 0.717) is 0 Å². The number of hydrogen-bond donors (Lipinski definition) is 1. The molecule has 0 amide bonds. The summed E-state index contributed by atoms with van der Waals surface area (Å²) in [7, 11) is 2.17. The molecule has 0 aliphatic rings. The zero-order valence-corrected chi connectivity index (χ0v) is 12.1. The van der Waals surface area contributed by atoms with E-state index < -0.39 is 0 Å². The molecule has 1 rings (SSSR count). The largest absolute Gasteiger partial charge is 0.310 e. The van der Waals surface area contributed by atoms with Crippen LogP contribution in [0.2, 0.25) is 0 Å². The lowest BCUT2D eigenvalue weighted by molar-refractivity contribution is 0.317. The Labute approximate surface area is 109 Å². The van der Waals surface area contributed by atoms with Gasteiger partial charge in [-0.2, -0.15) is 0 Å². The first-order valence-electron chi connectivity index (χ1n) is 6.58. The van der Waals surface area contributed by atoms with E-state index in [1.54, 1.807) is 11.3 Å². The summed E-state index contributed by atoms with van der Waals surface area (Å²) >= 11 is 1.77. The van der Waals surface area contributed by atoms with Crippen LogP contribution in [0.5, 0.6) is 0 Å². The number of aromatic nitrogens is 1. The lowest BCUT2D eigenvalue weighted by Crippen LogP contribution is -2.19. The van der Waals surface area contributed by atoms with Crippen LogP contribution < -0.4 is 5.32 Å². The molecule has 4 heteroatoms. The lowest BCUT2D eigenvalue weighted by atomic mass is 10.3. The van der Waals surface area contributed by atoms with Crippen molar-refractivity contribution < 1.29 is 0 Å². The highest BCUT2D eigenvalue weighted by Crippen LogP contribution is 2.11. The molecule has 0 spiro atoms. The van der Waals surface area contributed by atoms with Gasteiger partial charge >= 0.3 is 0 Å². The lowest BCUT2D eigenvalue weighted by Gasteiger charge is -2.14.